The van der Waals surface area contributed by atoms with E-state index in [4.69, 9.17) is 4.52 Å². The van der Waals surface area contributed by atoms with E-state index in [9.17, 15) is 13.2 Å². The van der Waals surface area contributed by atoms with E-state index >= 15 is 0 Å². The summed E-state index contributed by atoms with van der Waals surface area (Å²) in [6.45, 7) is 0.271. The number of likely N-dealkylation sites (tertiary alicyclic amines) is 1. The molecule has 0 spiro atoms. The Morgan fingerprint density at radius 1 is 1.33 bits per heavy atom. The van der Waals surface area contributed by atoms with E-state index in [1.807, 2.05) is 36.4 Å². The molecule has 2 N–H and O–H groups in total. The zero-order chi connectivity index (χ0) is 19.3. The Balaban J connectivity index is 1.48. The molecule has 27 heavy (non-hydrogen) atoms. The number of hydrogen-bond donors (Lipinski definition) is 2. The van der Waals surface area contributed by atoms with Crippen LogP contribution in [-0.4, -0.2) is 54.9 Å². The number of halogens is 3. The summed E-state index contributed by atoms with van der Waals surface area (Å²) >= 11 is 0. The second-order valence-corrected chi connectivity index (χ2v) is 6.45. The molecule has 2 aromatic rings. The highest BCUT2D eigenvalue weighted by Crippen LogP contribution is 2.20. The zero-order valence-electron chi connectivity index (χ0n) is 15.0. The van der Waals surface area contributed by atoms with Gasteiger partial charge in [0.05, 0.1) is 13.1 Å². The van der Waals surface area contributed by atoms with Gasteiger partial charge in [-0.2, -0.15) is 13.2 Å². The lowest BCUT2D eigenvalue weighted by molar-refractivity contribution is -0.143. The maximum absolute atomic E-state index is 12.5. The molecule has 1 aliphatic heterocycles. The SMILES string of the molecule is CN=C(NCc1cc(-c2ccccc2)on1)NC1CCN(CC(F)(F)F)C1. The summed E-state index contributed by atoms with van der Waals surface area (Å²) in [5.74, 6) is 1.20. The van der Waals surface area contributed by atoms with Crippen LogP contribution in [0.15, 0.2) is 45.9 Å². The fourth-order valence-corrected chi connectivity index (χ4v) is 3.04. The van der Waals surface area contributed by atoms with Gasteiger partial charge < -0.3 is 15.2 Å². The summed E-state index contributed by atoms with van der Waals surface area (Å²) in [6, 6.07) is 11.4. The highest BCUT2D eigenvalue weighted by Gasteiger charge is 2.34. The topological polar surface area (TPSA) is 65.7 Å². The minimum absolute atomic E-state index is 0.0734. The van der Waals surface area contributed by atoms with Gasteiger partial charge in [-0.3, -0.25) is 9.89 Å². The summed E-state index contributed by atoms with van der Waals surface area (Å²) in [6.07, 6.45) is -3.53. The Morgan fingerprint density at radius 2 is 2.11 bits per heavy atom. The van der Waals surface area contributed by atoms with Crippen LogP contribution >= 0.6 is 0 Å². The van der Waals surface area contributed by atoms with E-state index in [2.05, 4.69) is 20.8 Å². The molecule has 3 rings (SSSR count). The molecule has 1 fully saturated rings. The first-order valence-corrected chi connectivity index (χ1v) is 8.70. The number of aromatic nitrogens is 1. The molecule has 0 bridgehead atoms. The molecule has 1 aromatic carbocycles. The van der Waals surface area contributed by atoms with Crippen molar-refractivity contribution in [3.05, 3.63) is 42.1 Å². The van der Waals surface area contributed by atoms with Crippen molar-refractivity contribution < 1.29 is 17.7 Å². The minimum atomic E-state index is -4.17. The van der Waals surface area contributed by atoms with Gasteiger partial charge in [0.25, 0.3) is 0 Å². The fourth-order valence-electron chi connectivity index (χ4n) is 3.04. The van der Waals surface area contributed by atoms with Gasteiger partial charge in [0, 0.05) is 37.8 Å². The van der Waals surface area contributed by atoms with Crippen molar-refractivity contribution in [2.75, 3.05) is 26.7 Å². The van der Waals surface area contributed by atoms with Gasteiger partial charge in [-0.05, 0) is 6.42 Å². The first kappa shape index (κ1) is 19.2. The molecule has 1 saturated heterocycles. The first-order valence-electron chi connectivity index (χ1n) is 8.70. The second-order valence-electron chi connectivity index (χ2n) is 6.45. The molecule has 146 valence electrons. The minimum Gasteiger partial charge on any atom is -0.356 e. The number of benzene rings is 1. The monoisotopic (exact) mass is 381 g/mol. The third-order valence-electron chi connectivity index (χ3n) is 4.29. The standard InChI is InChI=1S/C18H22F3N5O/c1-22-17(24-14-7-8-26(11-14)12-18(19,20)21)23-10-15-9-16(27-25-15)13-5-3-2-4-6-13/h2-6,9,14H,7-8,10-12H2,1H3,(H2,22,23,24). The lowest BCUT2D eigenvalue weighted by atomic mass is 10.2. The van der Waals surface area contributed by atoms with Gasteiger partial charge in [0.15, 0.2) is 11.7 Å². The number of nitrogens with zero attached hydrogens (tertiary/aromatic N) is 3. The number of aliphatic imine (C=N–C) groups is 1. The Kier molecular flexibility index (Phi) is 6.00. The van der Waals surface area contributed by atoms with Crippen LogP contribution in [0.4, 0.5) is 13.2 Å². The van der Waals surface area contributed by atoms with Crippen LogP contribution < -0.4 is 10.6 Å². The average Bonchev–Trinajstić information content (AvgIpc) is 3.27. The molecule has 9 heteroatoms. The second kappa shape index (κ2) is 8.43. The predicted molar refractivity (Wildman–Crippen MR) is 96.2 cm³/mol. The Hall–Kier alpha value is -2.55. The smallest absolute Gasteiger partial charge is 0.356 e. The number of rotatable bonds is 5. The predicted octanol–water partition coefficient (Wildman–Crippen LogP) is 2.64. The van der Waals surface area contributed by atoms with Gasteiger partial charge in [-0.25, -0.2) is 0 Å². The van der Waals surface area contributed by atoms with E-state index in [1.165, 1.54) is 4.90 Å². The van der Waals surface area contributed by atoms with E-state index in [-0.39, 0.29) is 6.04 Å². The number of alkyl halides is 3. The largest absolute Gasteiger partial charge is 0.401 e. The van der Waals surface area contributed by atoms with Crippen LogP contribution in [0.2, 0.25) is 0 Å². The molecule has 0 aliphatic carbocycles. The van der Waals surface area contributed by atoms with Crippen molar-refractivity contribution >= 4 is 5.96 Å². The molecule has 1 atom stereocenters. The quantitative estimate of drug-likeness (QED) is 0.616. The summed E-state index contributed by atoms with van der Waals surface area (Å²) < 4.78 is 42.8. The third kappa shape index (κ3) is 5.72. The Bertz CT molecular complexity index is 760. The molecule has 0 radical (unpaired) electrons. The van der Waals surface area contributed by atoms with Crippen LogP contribution in [0, 0.1) is 0 Å². The van der Waals surface area contributed by atoms with E-state index in [0.29, 0.717) is 43.5 Å². The molecule has 2 heterocycles. The molecule has 0 saturated carbocycles. The fraction of sp³-hybridized carbons (Fsp3) is 0.444. The van der Waals surface area contributed by atoms with Crippen molar-refractivity contribution in [3.8, 4) is 11.3 Å². The summed E-state index contributed by atoms with van der Waals surface area (Å²) in [5.41, 5.74) is 1.65. The molecule has 0 amide bonds. The van der Waals surface area contributed by atoms with Gasteiger partial charge in [0.1, 0.15) is 5.69 Å². The summed E-state index contributed by atoms with van der Waals surface area (Å²) in [4.78, 5) is 5.52. The molecule has 1 aromatic heterocycles. The maximum Gasteiger partial charge on any atom is 0.401 e. The van der Waals surface area contributed by atoms with Gasteiger partial charge in [-0.1, -0.05) is 35.5 Å². The van der Waals surface area contributed by atoms with Gasteiger partial charge in [-0.15, -0.1) is 0 Å². The highest BCUT2D eigenvalue weighted by molar-refractivity contribution is 5.80. The van der Waals surface area contributed by atoms with Crippen molar-refractivity contribution in [2.45, 2.75) is 25.2 Å². The normalized spacial score (nSPS) is 18.7. The Morgan fingerprint density at radius 3 is 2.81 bits per heavy atom. The molecular formula is C18H22F3N5O. The average molecular weight is 381 g/mol. The number of hydrogen-bond acceptors (Lipinski definition) is 4. The Labute approximate surface area is 155 Å². The van der Waals surface area contributed by atoms with Crippen molar-refractivity contribution in [3.63, 3.8) is 0 Å². The summed E-state index contributed by atoms with van der Waals surface area (Å²) in [7, 11) is 1.62. The van der Waals surface area contributed by atoms with Crippen LogP contribution in [-0.2, 0) is 6.54 Å². The van der Waals surface area contributed by atoms with Crippen LogP contribution in [0.3, 0.4) is 0 Å². The summed E-state index contributed by atoms with van der Waals surface area (Å²) in [5, 5.41) is 10.3. The zero-order valence-corrected chi connectivity index (χ0v) is 15.0. The molecular weight excluding hydrogens is 359 g/mol. The lowest BCUT2D eigenvalue weighted by Gasteiger charge is -2.19. The van der Waals surface area contributed by atoms with Crippen LogP contribution in [0.25, 0.3) is 11.3 Å². The third-order valence-corrected chi connectivity index (χ3v) is 4.29. The van der Waals surface area contributed by atoms with E-state index in [1.54, 1.807) is 7.05 Å². The van der Waals surface area contributed by atoms with Crippen molar-refractivity contribution in [2.24, 2.45) is 4.99 Å². The van der Waals surface area contributed by atoms with Crippen LogP contribution in [0.5, 0.6) is 0 Å². The number of guanidine groups is 1. The molecule has 1 unspecified atom stereocenters. The maximum atomic E-state index is 12.5. The van der Waals surface area contributed by atoms with Crippen molar-refractivity contribution in [1.29, 1.82) is 0 Å². The van der Waals surface area contributed by atoms with Gasteiger partial charge >= 0.3 is 6.18 Å². The van der Waals surface area contributed by atoms with E-state index in [0.717, 1.165) is 5.56 Å². The number of nitrogens with one attached hydrogen (secondary N) is 2. The molecule has 6 nitrogen and oxygen atoms in total. The highest BCUT2D eigenvalue weighted by atomic mass is 19.4. The first-order chi connectivity index (χ1) is 12.9. The van der Waals surface area contributed by atoms with Crippen LogP contribution in [0.1, 0.15) is 12.1 Å². The lowest BCUT2D eigenvalue weighted by Crippen LogP contribution is -2.44. The van der Waals surface area contributed by atoms with Gasteiger partial charge in [0.2, 0.25) is 0 Å². The van der Waals surface area contributed by atoms with E-state index < -0.39 is 12.7 Å². The van der Waals surface area contributed by atoms with Crippen molar-refractivity contribution in [1.82, 2.24) is 20.7 Å². The molecule has 1 aliphatic rings.